The highest BCUT2D eigenvalue weighted by Gasteiger charge is 2.22. The second kappa shape index (κ2) is 10.3. The molecule has 2 aromatic carbocycles. The third-order valence-electron chi connectivity index (χ3n) is 5.08. The number of amides is 3. The molecule has 7 heteroatoms. The highest BCUT2D eigenvalue weighted by molar-refractivity contribution is 5.95. The van der Waals surface area contributed by atoms with Crippen LogP contribution < -0.4 is 15.5 Å². The summed E-state index contributed by atoms with van der Waals surface area (Å²) in [5.41, 5.74) is 1.98. The lowest BCUT2D eigenvalue weighted by Gasteiger charge is -2.24. The fourth-order valence-corrected chi connectivity index (χ4v) is 3.57. The van der Waals surface area contributed by atoms with Gasteiger partial charge >= 0.3 is 6.09 Å². The van der Waals surface area contributed by atoms with Gasteiger partial charge < -0.3 is 20.3 Å². The number of nitrogens with one attached hydrogen (secondary N) is 2. The molecule has 1 fully saturated rings. The predicted molar refractivity (Wildman–Crippen MR) is 123 cm³/mol. The van der Waals surface area contributed by atoms with E-state index in [0.29, 0.717) is 6.42 Å². The summed E-state index contributed by atoms with van der Waals surface area (Å²) in [6.45, 7) is 6.39. The van der Waals surface area contributed by atoms with Crippen molar-refractivity contribution in [2.24, 2.45) is 0 Å². The molecule has 0 bridgehead atoms. The Morgan fingerprint density at radius 1 is 1.06 bits per heavy atom. The van der Waals surface area contributed by atoms with Gasteiger partial charge in [0.05, 0.1) is 12.5 Å². The van der Waals surface area contributed by atoms with Gasteiger partial charge in [-0.2, -0.15) is 0 Å². The van der Waals surface area contributed by atoms with E-state index in [-0.39, 0.29) is 24.8 Å². The Kier molecular flexibility index (Phi) is 7.51. The van der Waals surface area contributed by atoms with E-state index < -0.39 is 17.7 Å². The van der Waals surface area contributed by atoms with Gasteiger partial charge in [0.15, 0.2) is 0 Å². The van der Waals surface area contributed by atoms with E-state index in [1.165, 1.54) is 0 Å². The molecule has 0 aromatic heterocycles. The second-order valence-corrected chi connectivity index (χ2v) is 8.91. The van der Waals surface area contributed by atoms with Gasteiger partial charge in [0.2, 0.25) is 11.8 Å². The van der Waals surface area contributed by atoms with Crippen molar-refractivity contribution >= 4 is 23.6 Å². The standard InChI is InChI=1S/C25H31N3O4/c1-25(2,3)32-24(31)27-21(19-8-5-4-6-9-19)17-26-22(29)16-18-11-13-20(14-12-18)28-15-7-10-23(28)30/h4-6,8-9,11-14,21H,7,10,15-17H2,1-3H3,(H,26,29)(H,27,31)/t21-/m0/s1. The topological polar surface area (TPSA) is 87.7 Å². The van der Waals surface area contributed by atoms with Gasteiger partial charge in [-0.3, -0.25) is 9.59 Å². The number of carbonyl (C=O) groups excluding carboxylic acids is 3. The Labute approximate surface area is 189 Å². The number of carbonyl (C=O) groups is 3. The predicted octanol–water partition coefficient (Wildman–Crippen LogP) is 3.74. The Bertz CT molecular complexity index is 936. The smallest absolute Gasteiger partial charge is 0.408 e. The number of benzene rings is 2. The quantitative estimate of drug-likeness (QED) is 0.691. The zero-order valence-electron chi connectivity index (χ0n) is 18.9. The van der Waals surface area contributed by atoms with E-state index >= 15 is 0 Å². The molecular formula is C25H31N3O4. The lowest BCUT2D eigenvalue weighted by atomic mass is 10.1. The lowest BCUT2D eigenvalue weighted by molar-refractivity contribution is -0.120. The molecule has 0 saturated carbocycles. The van der Waals surface area contributed by atoms with Gasteiger partial charge in [-0.25, -0.2) is 4.79 Å². The summed E-state index contributed by atoms with van der Waals surface area (Å²) in [7, 11) is 0. The average molecular weight is 438 g/mol. The molecule has 2 N–H and O–H groups in total. The largest absolute Gasteiger partial charge is 0.444 e. The number of ether oxygens (including phenoxy) is 1. The molecule has 1 aliphatic rings. The van der Waals surface area contributed by atoms with Gasteiger partial charge in [-0.05, 0) is 50.5 Å². The number of nitrogens with zero attached hydrogens (tertiary/aromatic N) is 1. The van der Waals surface area contributed by atoms with Gasteiger partial charge in [-0.15, -0.1) is 0 Å². The minimum atomic E-state index is -0.611. The van der Waals surface area contributed by atoms with Crippen LogP contribution >= 0.6 is 0 Å². The second-order valence-electron chi connectivity index (χ2n) is 8.91. The number of alkyl carbamates (subject to hydrolysis) is 1. The number of anilines is 1. The highest BCUT2D eigenvalue weighted by Crippen LogP contribution is 2.22. The molecule has 3 amide bonds. The molecule has 1 saturated heterocycles. The number of hydrogen-bond donors (Lipinski definition) is 2. The maximum absolute atomic E-state index is 12.5. The van der Waals surface area contributed by atoms with Crippen LogP contribution in [0.15, 0.2) is 54.6 Å². The molecule has 1 aliphatic heterocycles. The number of rotatable bonds is 7. The third-order valence-corrected chi connectivity index (χ3v) is 5.08. The summed E-state index contributed by atoms with van der Waals surface area (Å²) in [6.07, 6.45) is 1.14. The molecule has 1 heterocycles. The third kappa shape index (κ3) is 6.83. The van der Waals surface area contributed by atoms with E-state index in [0.717, 1.165) is 29.8 Å². The maximum Gasteiger partial charge on any atom is 0.408 e. The highest BCUT2D eigenvalue weighted by atomic mass is 16.6. The van der Waals surface area contributed by atoms with E-state index in [1.807, 2.05) is 54.6 Å². The first-order chi connectivity index (χ1) is 15.2. The van der Waals surface area contributed by atoms with Crippen LogP contribution in [-0.2, 0) is 20.7 Å². The molecule has 0 aliphatic carbocycles. The summed E-state index contributed by atoms with van der Waals surface area (Å²) in [5.74, 6) is -0.0122. The molecule has 2 aromatic rings. The van der Waals surface area contributed by atoms with Crippen LogP contribution in [0.2, 0.25) is 0 Å². The fraction of sp³-hybridized carbons (Fsp3) is 0.400. The summed E-state index contributed by atoms with van der Waals surface area (Å²) in [4.78, 5) is 38.5. The first kappa shape index (κ1) is 23.3. The van der Waals surface area contributed by atoms with Crippen LogP contribution in [0.4, 0.5) is 10.5 Å². The van der Waals surface area contributed by atoms with Crippen molar-refractivity contribution < 1.29 is 19.1 Å². The van der Waals surface area contributed by atoms with Crippen molar-refractivity contribution in [3.63, 3.8) is 0 Å². The van der Waals surface area contributed by atoms with E-state index in [1.54, 1.807) is 25.7 Å². The zero-order valence-corrected chi connectivity index (χ0v) is 18.9. The summed E-state index contributed by atoms with van der Waals surface area (Å²) in [6, 6.07) is 16.5. The van der Waals surface area contributed by atoms with Gasteiger partial charge in [-0.1, -0.05) is 42.5 Å². The van der Waals surface area contributed by atoms with Crippen molar-refractivity contribution in [3.05, 3.63) is 65.7 Å². The van der Waals surface area contributed by atoms with Gasteiger partial charge in [0.1, 0.15) is 5.60 Å². The molecule has 0 spiro atoms. The van der Waals surface area contributed by atoms with Crippen molar-refractivity contribution in [2.75, 3.05) is 18.0 Å². The average Bonchev–Trinajstić information content (AvgIpc) is 3.17. The minimum Gasteiger partial charge on any atom is -0.444 e. The lowest BCUT2D eigenvalue weighted by Crippen LogP contribution is -2.40. The van der Waals surface area contributed by atoms with E-state index in [2.05, 4.69) is 10.6 Å². The first-order valence-electron chi connectivity index (χ1n) is 10.9. The van der Waals surface area contributed by atoms with Gasteiger partial charge in [0.25, 0.3) is 0 Å². The van der Waals surface area contributed by atoms with Crippen molar-refractivity contribution in [1.82, 2.24) is 10.6 Å². The molecule has 7 nitrogen and oxygen atoms in total. The molecular weight excluding hydrogens is 406 g/mol. The molecule has 170 valence electrons. The van der Waals surface area contributed by atoms with Crippen molar-refractivity contribution in [1.29, 1.82) is 0 Å². The molecule has 0 radical (unpaired) electrons. The molecule has 32 heavy (non-hydrogen) atoms. The van der Waals surface area contributed by atoms with Crippen LogP contribution in [0.1, 0.15) is 50.8 Å². The molecule has 0 unspecified atom stereocenters. The van der Waals surface area contributed by atoms with Crippen LogP contribution in [0.25, 0.3) is 0 Å². The Morgan fingerprint density at radius 2 is 1.75 bits per heavy atom. The number of hydrogen-bond acceptors (Lipinski definition) is 4. The summed E-state index contributed by atoms with van der Waals surface area (Å²) >= 11 is 0. The van der Waals surface area contributed by atoms with Crippen molar-refractivity contribution in [3.8, 4) is 0 Å². The van der Waals surface area contributed by atoms with Gasteiger partial charge in [0, 0.05) is 25.2 Å². The Balaban J connectivity index is 1.57. The first-order valence-corrected chi connectivity index (χ1v) is 10.9. The normalized spacial score (nSPS) is 14.7. The maximum atomic E-state index is 12.5. The monoisotopic (exact) mass is 437 g/mol. The summed E-state index contributed by atoms with van der Waals surface area (Å²) in [5, 5.41) is 5.74. The molecule has 1 atom stereocenters. The molecule has 3 rings (SSSR count). The fourth-order valence-electron chi connectivity index (χ4n) is 3.57. The van der Waals surface area contributed by atoms with Crippen molar-refractivity contribution in [2.45, 2.75) is 51.7 Å². The van der Waals surface area contributed by atoms with Crippen LogP contribution in [0, 0.1) is 0 Å². The van der Waals surface area contributed by atoms with E-state index in [9.17, 15) is 14.4 Å². The summed E-state index contributed by atoms with van der Waals surface area (Å²) < 4.78 is 5.36. The van der Waals surface area contributed by atoms with Crippen LogP contribution in [0.3, 0.4) is 0 Å². The van der Waals surface area contributed by atoms with Crippen LogP contribution in [-0.4, -0.2) is 36.6 Å². The Morgan fingerprint density at radius 3 is 2.34 bits per heavy atom. The van der Waals surface area contributed by atoms with Crippen LogP contribution in [0.5, 0.6) is 0 Å². The zero-order chi connectivity index (χ0) is 23.1. The Hall–Kier alpha value is -3.35. The minimum absolute atomic E-state index is 0.139. The SMILES string of the molecule is CC(C)(C)OC(=O)N[C@@H](CNC(=O)Cc1ccc(N2CCCC2=O)cc1)c1ccccc1. The van der Waals surface area contributed by atoms with E-state index in [4.69, 9.17) is 4.74 Å².